The van der Waals surface area contributed by atoms with E-state index in [-0.39, 0.29) is 11.8 Å². The molecule has 1 aliphatic rings. The second-order valence-corrected chi connectivity index (χ2v) is 6.01. The monoisotopic (exact) mass is 339 g/mol. The summed E-state index contributed by atoms with van der Waals surface area (Å²) in [5.41, 5.74) is 13.2. The number of carbonyl (C=O) groups is 2. The van der Waals surface area contributed by atoms with Crippen LogP contribution in [0.4, 0.5) is 11.4 Å². The largest absolute Gasteiger partial charge is 0.494 e. The average molecular weight is 339 g/mol. The summed E-state index contributed by atoms with van der Waals surface area (Å²) >= 11 is 0. The first-order valence-corrected chi connectivity index (χ1v) is 8.31. The molecule has 0 atom stereocenters. The number of imide groups is 1. The maximum Gasteiger partial charge on any atom is 0.263 e. The number of nitrogens with two attached hydrogens (primary N) is 2. The summed E-state index contributed by atoms with van der Waals surface area (Å²) < 4.78 is 5.62. The van der Waals surface area contributed by atoms with Crippen molar-refractivity contribution in [2.75, 3.05) is 24.6 Å². The van der Waals surface area contributed by atoms with Crippen LogP contribution in [0.2, 0.25) is 0 Å². The van der Waals surface area contributed by atoms with E-state index >= 15 is 0 Å². The van der Waals surface area contributed by atoms with Crippen LogP contribution in [0.25, 0.3) is 0 Å². The number of hydrogen-bond donors (Lipinski definition) is 2. The molecule has 1 aliphatic heterocycles. The van der Waals surface area contributed by atoms with E-state index in [1.807, 2.05) is 12.1 Å². The molecule has 130 valence electrons. The van der Waals surface area contributed by atoms with E-state index < -0.39 is 0 Å². The van der Waals surface area contributed by atoms with Gasteiger partial charge in [-0.25, -0.2) is 0 Å². The number of unbranched alkanes of at least 4 members (excludes halogenated alkanes) is 2. The number of hydrogen-bond acceptors (Lipinski definition) is 5. The molecule has 0 spiro atoms. The van der Waals surface area contributed by atoms with Gasteiger partial charge in [0.1, 0.15) is 5.75 Å². The van der Waals surface area contributed by atoms with Crippen LogP contribution in [-0.4, -0.2) is 29.9 Å². The van der Waals surface area contributed by atoms with E-state index in [1.54, 1.807) is 30.3 Å². The minimum Gasteiger partial charge on any atom is -0.494 e. The fraction of sp³-hybridized carbons (Fsp3) is 0.263. The summed E-state index contributed by atoms with van der Waals surface area (Å²) in [5, 5.41) is 0. The Balaban J connectivity index is 1.43. The number of anilines is 2. The molecule has 0 saturated heterocycles. The van der Waals surface area contributed by atoms with Gasteiger partial charge in [0, 0.05) is 17.9 Å². The van der Waals surface area contributed by atoms with E-state index in [0.717, 1.165) is 25.0 Å². The lowest BCUT2D eigenvalue weighted by Gasteiger charge is -2.13. The molecule has 1 heterocycles. The molecule has 6 nitrogen and oxygen atoms in total. The zero-order chi connectivity index (χ0) is 17.8. The van der Waals surface area contributed by atoms with Crippen molar-refractivity contribution in [2.24, 2.45) is 0 Å². The highest BCUT2D eigenvalue weighted by Gasteiger charge is 2.36. The molecule has 2 aromatic carbocycles. The Labute approximate surface area is 146 Å². The summed E-state index contributed by atoms with van der Waals surface area (Å²) in [7, 11) is 0. The van der Waals surface area contributed by atoms with Crippen molar-refractivity contribution in [1.29, 1.82) is 0 Å². The second kappa shape index (κ2) is 7.25. The van der Waals surface area contributed by atoms with Gasteiger partial charge in [-0.05, 0) is 55.7 Å². The molecule has 0 aromatic heterocycles. The summed E-state index contributed by atoms with van der Waals surface area (Å²) in [6.07, 6.45) is 2.43. The predicted octanol–water partition coefficient (Wildman–Crippen LogP) is 2.70. The molecule has 0 unspecified atom stereocenters. The summed E-state index contributed by atoms with van der Waals surface area (Å²) in [6.45, 7) is 0.979. The van der Waals surface area contributed by atoms with Crippen molar-refractivity contribution < 1.29 is 14.3 Å². The summed E-state index contributed by atoms with van der Waals surface area (Å²) in [4.78, 5) is 25.9. The lowest BCUT2D eigenvalue weighted by molar-refractivity contribution is 0.0651. The summed E-state index contributed by atoms with van der Waals surface area (Å²) in [6, 6.07) is 12.2. The highest BCUT2D eigenvalue weighted by molar-refractivity contribution is 6.23. The van der Waals surface area contributed by atoms with Gasteiger partial charge in [-0.15, -0.1) is 0 Å². The Kier molecular flexibility index (Phi) is 4.88. The van der Waals surface area contributed by atoms with Gasteiger partial charge in [0.25, 0.3) is 11.8 Å². The van der Waals surface area contributed by atoms with Crippen LogP contribution in [0, 0.1) is 0 Å². The molecule has 0 saturated carbocycles. The van der Waals surface area contributed by atoms with Crippen molar-refractivity contribution in [3.63, 3.8) is 0 Å². The van der Waals surface area contributed by atoms with Gasteiger partial charge in [-0.1, -0.05) is 6.07 Å². The fourth-order valence-electron chi connectivity index (χ4n) is 2.87. The van der Waals surface area contributed by atoms with Crippen LogP contribution < -0.4 is 16.2 Å². The molecule has 6 heteroatoms. The van der Waals surface area contributed by atoms with Crippen LogP contribution >= 0.6 is 0 Å². The van der Waals surface area contributed by atoms with Gasteiger partial charge >= 0.3 is 0 Å². The van der Waals surface area contributed by atoms with Gasteiger partial charge in [-0.3, -0.25) is 14.5 Å². The average Bonchev–Trinajstić information content (AvgIpc) is 2.85. The van der Waals surface area contributed by atoms with Gasteiger partial charge < -0.3 is 16.2 Å². The van der Waals surface area contributed by atoms with Crippen molar-refractivity contribution in [1.82, 2.24) is 4.90 Å². The Morgan fingerprint density at radius 2 is 1.64 bits per heavy atom. The SMILES string of the molecule is Nc1ccc(OCCCCCN2C(=O)c3cccc(N)c3C2=O)cc1. The number of carbonyl (C=O) groups excluding carboxylic acids is 2. The highest BCUT2D eigenvalue weighted by Crippen LogP contribution is 2.27. The van der Waals surface area contributed by atoms with Crippen molar-refractivity contribution >= 4 is 23.2 Å². The molecule has 0 aliphatic carbocycles. The van der Waals surface area contributed by atoms with E-state index in [4.69, 9.17) is 16.2 Å². The fourth-order valence-corrected chi connectivity index (χ4v) is 2.87. The van der Waals surface area contributed by atoms with Crippen LogP contribution in [0.3, 0.4) is 0 Å². The minimum atomic E-state index is -0.295. The van der Waals surface area contributed by atoms with Crippen LogP contribution in [0.1, 0.15) is 40.0 Å². The molecule has 3 rings (SSSR count). The Hall–Kier alpha value is -3.02. The highest BCUT2D eigenvalue weighted by atomic mass is 16.5. The Bertz CT molecular complexity index is 787. The number of fused-ring (bicyclic) bond motifs is 1. The lowest BCUT2D eigenvalue weighted by Crippen LogP contribution is -2.30. The number of nitrogen functional groups attached to an aromatic ring is 2. The third-order valence-electron chi connectivity index (χ3n) is 4.21. The first-order chi connectivity index (χ1) is 12.1. The van der Waals surface area contributed by atoms with Crippen molar-refractivity contribution in [3.8, 4) is 5.75 Å². The molecular weight excluding hydrogens is 318 g/mol. The zero-order valence-electron chi connectivity index (χ0n) is 13.9. The van der Waals surface area contributed by atoms with Gasteiger partial charge in [0.15, 0.2) is 0 Å². The molecular formula is C19H21N3O3. The second-order valence-electron chi connectivity index (χ2n) is 6.01. The van der Waals surface area contributed by atoms with Crippen molar-refractivity contribution in [2.45, 2.75) is 19.3 Å². The Morgan fingerprint density at radius 3 is 2.36 bits per heavy atom. The van der Waals surface area contributed by atoms with Gasteiger partial charge in [0.2, 0.25) is 0 Å². The van der Waals surface area contributed by atoms with Gasteiger partial charge in [-0.2, -0.15) is 0 Å². The standard InChI is InChI=1S/C19H21N3O3/c20-13-7-9-14(10-8-13)25-12-3-1-2-11-22-18(23)15-5-4-6-16(21)17(15)19(22)24/h4-10H,1-3,11-12,20-21H2. The molecule has 25 heavy (non-hydrogen) atoms. The maximum absolute atomic E-state index is 12.4. The number of rotatable bonds is 7. The van der Waals surface area contributed by atoms with Crippen LogP contribution in [0.5, 0.6) is 5.75 Å². The maximum atomic E-state index is 12.4. The normalized spacial score (nSPS) is 13.2. The lowest BCUT2D eigenvalue weighted by atomic mass is 10.1. The third kappa shape index (κ3) is 3.57. The quantitative estimate of drug-likeness (QED) is 0.459. The number of benzene rings is 2. The van der Waals surface area contributed by atoms with E-state index in [1.165, 1.54) is 4.90 Å². The summed E-state index contributed by atoms with van der Waals surface area (Å²) in [5.74, 6) is 0.228. The molecule has 2 amide bonds. The van der Waals surface area contributed by atoms with Crippen LogP contribution in [0.15, 0.2) is 42.5 Å². The zero-order valence-corrected chi connectivity index (χ0v) is 13.9. The van der Waals surface area contributed by atoms with Crippen molar-refractivity contribution in [3.05, 3.63) is 53.6 Å². The number of amides is 2. The molecule has 2 aromatic rings. The molecule has 4 N–H and O–H groups in total. The van der Waals surface area contributed by atoms with Crippen LogP contribution in [-0.2, 0) is 0 Å². The topological polar surface area (TPSA) is 98.7 Å². The predicted molar refractivity (Wildman–Crippen MR) is 96.4 cm³/mol. The number of nitrogens with zero attached hydrogens (tertiary/aromatic N) is 1. The van der Waals surface area contributed by atoms with E-state index in [2.05, 4.69) is 0 Å². The molecule has 0 fully saturated rings. The van der Waals surface area contributed by atoms with E-state index in [0.29, 0.717) is 35.7 Å². The smallest absolute Gasteiger partial charge is 0.263 e. The third-order valence-corrected chi connectivity index (χ3v) is 4.21. The van der Waals surface area contributed by atoms with Gasteiger partial charge in [0.05, 0.1) is 17.7 Å². The van der Waals surface area contributed by atoms with E-state index in [9.17, 15) is 9.59 Å². The molecule has 0 bridgehead atoms. The number of ether oxygens (including phenoxy) is 1. The molecule has 0 radical (unpaired) electrons. The first kappa shape index (κ1) is 16.8. The minimum absolute atomic E-state index is 0.259. The Morgan fingerprint density at radius 1 is 0.880 bits per heavy atom. The first-order valence-electron chi connectivity index (χ1n) is 8.31.